The summed E-state index contributed by atoms with van der Waals surface area (Å²) in [5, 5.41) is 17.3. The lowest BCUT2D eigenvalue weighted by atomic mass is 10.1. The number of aromatic nitrogens is 4. The smallest absolute Gasteiger partial charge is 0.251 e. The van der Waals surface area contributed by atoms with Gasteiger partial charge in [0.1, 0.15) is 0 Å². The summed E-state index contributed by atoms with van der Waals surface area (Å²) < 4.78 is 1.82. The van der Waals surface area contributed by atoms with Gasteiger partial charge in [-0.15, -0.1) is 5.10 Å². The summed E-state index contributed by atoms with van der Waals surface area (Å²) in [6.07, 6.45) is 2.16. The molecular formula is C20H20N6O2. The number of tetrazole rings is 1. The third-order valence-corrected chi connectivity index (χ3v) is 4.48. The van der Waals surface area contributed by atoms with Gasteiger partial charge in [-0.2, -0.15) is 0 Å². The quantitative estimate of drug-likeness (QED) is 0.688. The molecule has 0 unspecified atom stereocenters. The van der Waals surface area contributed by atoms with Crippen LogP contribution in [-0.4, -0.2) is 38.6 Å². The number of carbonyl (C=O) groups is 2. The summed E-state index contributed by atoms with van der Waals surface area (Å²) in [5.41, 5.74) is 2.97. The average molecular weight is 376 g/mol. The molecule has 3 aromatic rings. The molecular weight excluding hydrogens is 356 g/mol. The lowest BCUT2D eigenvalue weighted by Crippen LogP contribution is -2.32. The topological polar surface area (TPSA) is 102 Å². The first-order valence-corrected chi connectivity index (χ1v) is 9.13. The number of hydrogen-bond acceptors (Lipinski definition) is 5. The molecule has 4 rings (SSSR count). The second-order valence-corrected chi connectivity index (χ2v) is 6.86. The van der Waals surface area contributed by atoms with E-state index in [9.17, 15) is 9.59 Å². The fourth-order valence-electron chi connectivity index (χ4n) is 2.94. The van der Waals surface area contributed by atoms with Crippen LogP contribution in [0.3, 0.4) is 0 Å². The van der Waals surface area contributed by atoms with Crippen LogP contribution in [0.2, 0.25) is 0 Å². The van der Waals surface area contributed by atoms with Crippen LogP contribution in [0.25, 0.3) is 11.4 Å². The van der Waals surface area contributed by atoms with Crippen LogP contribution < -0.4 is 10.6 Å². The molecule has 2 amide bonds. The molecule has 1 heterocycles. The van der Waals surface area contributed by atoms with Gasteiger partial charge in [0.2, 0.25) is 5.91 Å². The number of carbonyl (C=O) groups excluding carboxylic acids is 2. The fraction of sp³-hybridized carbons (Fsp3) is 0.250. The maximum absolute atomic E-state index is 12.2. The second kappa shape index (κ2) is 7.59. The van der Waals surface area contributed by atoms with Gasteiger partial charge in [-0.1, -0.05) is 29.8 Å². The van der Waals surface area contributed by atoms with Crippen LogP contribution in [-0.2, 0) is 4.79 Å². The number of anilines is 1. The van der Waals surface area contributed by atoms with Gasteiger partial charge < -0.3 is 10.6 Å². The zero-order chi connectivity index (χ0) is 19.5. The van der Waals surface area contributed by atoms with Crippen molar-refractivity contribution in [2.45, 2.75) is 25.8 Å². The van der Waals surface area contributed by atoms with Crippen LogP contribution in [0.4, 0.5) is 5.69 Å². The summed E-state index contributed by atoms with van der Waals surface area (Å²) >= 11 is 0. The largest absolute Gasteiger partial charge is 0.343 e. The molecule has 0 aliphatic heterocycles. The van der Waals surface area contributed by atoms with Crippen LogP contribution in [0.15, 0.2) is 48.5 Å². The molecule has 28 heavy (non-hydrogen) atoms. The van der Waals surface area contributed by atoms with E-state index in [0.29, 0.717) is 23.1 Å². The minimum Gasteiger partial charge on any atom is -0.343 e. The summed E-state index contributed by atoms with van der Waals surface area (Å²) in [7, 11) is 0. The molecule has 2 aromatic carbocycles. The average Bonchev–Trinajstić information content (AvgIpc) is 3.42. The summed E-state index contributed by atoms with van der Waals surface area (Å²) in [4.78, 5) is 24.4. The van der Waals surface area contributed by atoms with Crippen molar-refractivity contribution in [1.82, 2.24) is 25.5 Å². The first kappa shape index (κ1) is 17.8. The second-order valence-electron chi connectivity index (χ2n) is 6.86. The Hall–Kier alpha value is -3.55. The number of aryl methyl sites for hydroxylation is 1. The molecule has 0 radical (unpaired) electrons. The van der Waals surface area contributed by atoms with Crippen molar-refractivity contribution in [2.75, 3.05) is 11.9 Å². The first-order chi connectivity index (χ1) is 13.6. The van der Waals surface area contributed by atoms with Crippen molar-refractivity contribution in [1.29, 1.82) is 0 Å². The Morgan fingerprint density at radius 2 is 1.96 bits per heavy atom. The van der Waals surface area contributed by atoms with E-state index in [4.69, 9.17) is 0 Å². The number of nitrogens with zero attached hydrogens (tertiary/aromatic N) is 4. The molecule has 1 fully saturated rings. The number of amides is 2. The Labute approximate surface area is 162 Å². The summed E-state index contributed by atoms with van der Waals surface area (Å²) in [6, 6.07) is 14.9. The van der Waals surface area contributed by atoms with Crippen molar-refractivity contribution >= 4 is 17.5 Å². The molecule has 8 heteroatoms. The van der Waals surface area contributed by atoms with Crippen LogP contribution in [0.1, 0.15) is 34.8 Å². The molecule has 1 aliphatic rings. The van der Waals surface area contributed by atoms with Crippen LogP contribution >= 0.6 is 0 Å². The van der Waals surface area contributed by atoms with Crippen LogP contribution in [0, 0.1) is 6.92 Å². The van der Waals surface area contributed by atoms with Gasteiger partial charge in [0.25, 0.3) is 5.91 Å². The standard InChI is InChI=1S/C20H20N6O2/c1-13-4-2-6-15(10-13)20(28)21-12-18(27)22-16-7-3-5-14(11-16)19-23-24-25-26(19)17-8-9-17/h2-7,10-11,17H,8-9,12H2,1H3,(H,21,28)(H,22,27). The lowest BCUT2D eigenvalue weighted by molar-refractivity contribution is -0.115. The molecule has 8 nitrogen and oxygen atoms in total. The SMILES string of the molecule is Cc1cccc(C(=O)NCC(=O)Nc2cccc(-c3nnnn3C3CC3)c2)c1. The van der Waals surface area contributed by atoms with E-state index in [0.717, 1.165) is 24.0 Å². The minimum atomic E-state index is -0.306. The highest BCUT2D eigenvalue weighted by Crippen LogP contribution is 2.36. The Morgan fingerprint density at radius 1 is 1.14 bits per heavy atom. The highest BCUT2D eigenvalue weighted by molar-refractivity contribution is 5.99. The normalized spacial score (nSPS) is 13.2. The zero-order valence-corrected chi connectivity index (χ0v) is 15.4. The molecule has 2 N–H and O–H groups in total. The van der Waals surface area contributed by atoms with Crippen molar-refractivity contribution in [3.8, 4) is 11.4 Å². The molecule has 1 aliphatic carbocycles. The maximum Gasteiger partial charge on any atom is 0.251 e. The Kier molecular flexibility index (Phi) is 4.84. The summed E-state index contributed by atoms with van der Waals surface area (Å²) in [6.45, 7) is 1.80. The van der Waals surface area contributed by atoms with E-state index in [1.165, 1.54) is 0 Å². The number of nitrogens with one attached hydrogen (secondary N) is 2. The Morgan fingerprint density at radius 3 is 2.75 bits per heavy atom. The van der Waals surface area contributed by atoms with Crippen molar-refractivity contribution < 1.29 is 9.59 Å². The highest BCUT2D eigenvalue weighted by Gasteiger charge is 2.28. The number of hydrogen-bond donors (Lipinski definition) is 2. The Bertz CT molecular complexity index is 1020. The van der Waals surface area contributed by atoms with Gasteiger partial charge in [0.05, 0.1) is 12.6 Å². The van der Waals surface area contributed by atoms with E-state index in [1.54, 1.807) is 18.2 Å². The predicted molar refractivity (Wildman–Crippen MR) is 104 cm³/mol. The molecule has 142 valence electrons. The van der Waals surface area contributed by atoms with Gasteiger partial charge >= 0.3 is 0 Å². The minimum absolute atomic E-state index is 0.114. The van der Waals surface area contributed by atoms with E-state index < -0.39 is 0 Å². The summed E-state index contributed by atoms with van der Waals surface area (Å²) in [5.74, 6) is 0.0995. The highest BCUT2D eigenvalue weighted by atomic mass is 16.2. The van der Waals surface area contributed by atoms with Crippen LogP contribution in [0.5, 0.6) is 0 Å². The van der Waals surface area contributed by atoms with Gasteiger partial charge in [-0.3, -0.25) is 9.59 Å². The van der Waals surface area contributed by atoms with Gasteiger partial charge in [0, 0.05) is 16.8 Å². The third kappa shape index (κ3) is 4.06. The molecule has 0 saturated heterocycles. The number of benzene rings is 2. The first-order valence-electron chi connectivity index (χ1n) is 9.13. The van der Waals surface area contributed by atoms with Gasteiger partial charge in [-0.05, 0) is 54.5 Å². The van der Waals surface area contributed by atoms with E-state index >= 15 is 0 Å². The van der Waals surface area contributed by atoms with E-state index in [1.807, 2.05) is 41.9 Å². The molecule has 1 saturated carbocycles. The Balaban J connectivity index is 1.38. The maximum atomic E-state index is 12.2. The predicted octanol–water partition coefficient (Wildman–Crippen LogP) is 2.35. The lowest BCUT2D eigenvalue weighted by Gasteiger charge is -2.09. The number of rotatable bonds is 6. The fourth-order valence-corrected chi connectivity index (χ4v) is 2.94. The molecule has 1 aromatic heterocycles. The van der Waals surface area contributed by atoms with Crippen molar-refractivity contribution in [3.05, 3.63) is 59.7 Å². The molecule has 0 bridgehead atoms. The van der Waals surface area contributed by atoms with E-state index in [-0.39, 0.29) is 18.4 Å². The monoisotopic (exact) mass is 376 g/mol. The van der Waals surface area contributed by atoms with Gasteiger partial charge in [0.15, 0.2) is 5.82 Å². The molecule has 0 atom stereocenters. The zero-order valence-electron chi connectivity index (χ0n) is 15.4. The molecule has 0 spiro atoms. The van der Waals surface area contributed by atoms with Gasteiger partial charge in [-0.25, -0.2) is 4.68 Å². The third-order valence-electron chi connectivity index (χ3n) is 4.48. The van der Waals surface area contributed by atoms with Crippen molar-refractivity contribution in [3.63, 3.8) is 0 Å². The van der Waals surface area contributed by atoms with E-state index in [2.05, 4.69) is 26.2 Å². The van der Waals surface area contributed by atoms with Crippen molar-refractivity contribution in [2.24, 2.45) is 0 Å².